The first-order chi connectivity index (χ1) is 6.57. The topological polar surface area (TPSA) is 38.9 Å². The first-order valence-corrected chi connectivity index (χ1v) is 5.25. The highest BCUT2D eigenvalue weighted by molar-refractivity contribution is 5.34. The molecule has 0 fully saturated rings. The smallest absolute Gasteiger partial charge is 0.0576 e. The van der Waals surface area contributed by atoms with Gasteiger partial charge in [-0.05, 0) is 29.0 Å². The van der Waals surface area contributed by atoms with E-state index in [0.717, 1.165) is 5.69 Å². The predicted octanol–water partition coefficient (Wildman–Crippen LogP) is 2.79. The van der Waals surface area contributed by atoms with Crippen molar-refractivity contribution in [1.82, 2.24) is 4.98 Å². The average Bonchev–Trinajstić information content (AvgIpc) is 2.16. The Balaban J connectivity index is 3.28. The molecule has 0 bridgehead atoms. The maximum Gasteiger partial charge on any atom is 0.0576 e. The zero-order valence-electron chi connectivity index (χ0n) is 9.54. The number of hydrogen-bond donors (Lipinski definition) is 1. The van der Waals surface area contributed by atoms with E-state index in [0.29, 0.717) is 18.4 Å². The van der Waals surface area contributed by atoms with Gasteiger partial charge in [0, 0.05) is 12.7 Å². The van der Waals surface area contributed by atoms with E-state index in [1.807, 2.05) is 6.20 Å². The van der Waals surface area contributed by atoms with Crippen LogP contribution in [0.1, 0.15) is 56.4 Å². The molecular formula is C12H20N2. The van der Waals surface area contributed by atoms with Gasteiger partial charge in [0.15, 0.2) is 0 Å². The van der Waals surface area contributed by atoms with Gasteiger partial charge in [-0.1, -0.05) is 27.7 Å². The molecule has 78 valence electrons. The summed E-state index contributed by atoms with van der Waals surface area (Å²) < 4.78 is 0. The van der Waals surface area contributed by atoms with E-state index in [2.05, 4.69) is 38.7 Å². The van der Waals surface area contributed by atoms with Crippen molar-refractivity contribution in [3.8, 4) is 0 Å². The summed E-state index contributed by atoms with van der Waals surface area (Å²) in [6.45, 7) is 9.35. The minimum Gasteiger partial charge on any atom is -0.325 e. The maximum absolute atomic E-state index is 5.69. The highest BCUT2D eigenvalue weighted by atomic mass is 14.7. The predicted molar refractivity (Wildman–Crippen MR) is 60.3 cm³/mol. The van der Waals surface area contributed by atoms with Crippen LogP contribution in [0.4, 0.5) is 0 Å². The Morgan fingerprint density at radius 1 is 1.21 bits per heavy atom. The molecule has 0 spiro atoms. The molecule has 1 aromatic rings. The fourth-order valence-electron chi connectivity index (χ4n) is 1.87. The third-order valence-corrected chi connectivity index (χ3v) is 2.50. The van der Waals surface area contributed by atoms with Crippen LogP contribution in [-0.4, -0.2) is 4.98 Å². The van der Waals surface area contributed by atoms with Crippen LogP contribution in [0.2, 0.25) is 0 Å². The van der Waals surface area contributed by atoms with Gasteiger partial charge in [0.25, 0.3) is 0 Å². The van der Waals surface area contributed by atoms with Gasteiger partial charge in [0.1, 0.15) is 0 Å². The van der Waals surface area contributed by atoms with E-state index in [9.17, 15) is 0 Å². The van der Waals surface area contributed by atoms with Crippen LogP contribution < -0.4 is 5.73 Å². The molecular weight excluding hydrogens is 172 g/mol. The van der Waals surface area contributed by atoms with Crippen LogP contribution in [0.15, 0.2) is 12.3 Å². The van der Waals surface area contributed by atoms with E-state index in [4.69, 9.17) is 5.73 Å². The van der Waals surface area contributed by atoms with Gasteiger partial charge < -0.3 is 5.73 Å². The lowest BCUT2D eigenvalue weighted by Gasteiger charge is -2.18. The fraction of sp³-hybridized carbons (Fsp3) is 0.583. The Labute approximate surface area is 86.5 Å². The normalized spacial score (nSPS) is 11.4. The molecule has 1 heterocycles. The van der Waals surface area contributed by atoms with E-state index in [-0.39, 0.29) is 0 Å². The summed E-state index contributed by atoms with van der Waals surface area (Å²) in [5.41, 5.74) is 9.47. The van der Waals surface area contributed by atoms with Crippen LogP contribution in [0.25, 0.3) is 0 Å². The second-order valence-corrected chi connectivity index (χ2v) is 4.27. The third-order valence-electron chi connectivity index (χ3n) is 2.50. The molecule has 14 heavy (non-hydrogen) atoms. The van der Waals surface area contributed by atoms with Gasteiger partial charge in [-0.2, -0.15) is 0 Å². The Bertz CT molecular complexity index is 303. The fourth-order valence-corrected chi connectivity index (χ4v) is 1.87. The SMILES string of the molecule is CC(C)c1ccnc(CN)c1C(C)C. The van der Waals surface area contributed by atoms with Crippen LogP contribution in [0.3, 0.4) is 0 Å². The lowest BCUT2D eigenvalue weighted by molar-refractivity contribution is 0.758. The quantitative estimate of drug-likeness (QED) is 0.799. The molecule has 0 aliphatic heterocycles. The van der Waals surface area contributed by atoms with Crippen molar-refractivity contribution in [3.05, 3.63) is 29.1 Å². The van der Waals surface area contributed by atoms with Crippen molar-refractivity contribution >= 4 is 0 Å². The second-order valence-electron chi connectivity index (χ2n) is 4.27. The molecule has 0 amide bonds. The van der Waals surface area contributed by atoms with Crippen molar-refractivity contribution < 1.29 is 0 Å². The monoisotopic (exact) mass is 192 g/mol. The van der Waals surface area contributed by atoms with Crippen LogP contribution in [-0.2, 0) is 6.54 Å². The van der Waals surface area contributed by atoms with Crippen molar-refractivity contribution in [3.63, 3.8) is 0 Å². The molecule has 2 N–H and O–H groups in total. The third kappa shape index (κ3) is 2.13. The van der Waals surface area contributed by atoms with E-state index in [1.54, 1.807) is 0 Å². The molecule has 0 radical (unpaired) electrons. The van der Waals surface area contributed by atoms with E-state index in [1.165, 1.54) is 11.1 Å². The molecule has 0 unspecified atom stereocenters. The lowest BCUT2D eigenvalue weighted by Crippen LogP contribution is -2.09. The Morgan fingerprint density at radius 2 is 1.86 bits per heavy atom. The molecule has 0 saturated heterocycles. The Hall–Kier alpha value is -0.890. The maximum atomic E-state index is 5.69. The summed E-state index contributed by atoms with van der Waals surface area (Å²) in [6, 6.07) is 2.11. The molecule has 0 aromatic carbocycles. The number of aromatic nitrogens is 1. The van der Waals surface area contributed by atoms with Crippen molar-refractivity contribution in [1.29, 1.82) is 0 Å². The first kappa shape index (κ1) is 11.2. The number of pyridine rings is 1. The number of nitrogens with two attached hydrogens (primary N) is 1. The van der Waals surface area contributed by atoms with Gasteiger partial charge in [-0.3, -0.25) is 4.98 Å². The average molecular weight is 192 g/mol. The molecule has 2 heteroatoms. The minimum atomic E-state index is 0.500. The van der Waals surface area contributed by atoms with Crippen LogP contribution in [0.5, 0.6) is 0 Å². The Morgan fingerprint density at radius 3 is 2.29 bits per heavy atom. The van der Waals surface area contributed by atoms with E-state index < -0.39 is 0 Å². The second kappa shape index (κ2) is 4.56. The zero-order chi connectivity index (χ0) is 10.7. The van der Waals surface area contributed by atoms with Crippen LogP contribution in [0, 0.1) is 0 Å². The van der Waals surface area contributed by atoms with Gasteiger partial charge in [0.2, 0.25) is 0 Å². The van der Waals surface area contributed by atoms with Crippen LogP contribution >= 0.6 is 0 Å². The van der Waals surface area contributed by atoms with Crippen molar-refractivity contribution in [2.45, 2.75) is 46.1 Å². The van der Waals surface area contributed by atoms with E-state index >= 15 is 0 Å². The number of rotatable bonds is 3. The summed E-state index contributed by atoms with van der Waals surface area (Å²) in [6.07, 6.45) is 1.86. The number of nitrogens with zero attached hydrogens (tertiary/aromatic N) is 1. The van der Waals surface area contributed by atoms with Crippen molar-refractivity contribution in [2.75, 3.05) is 0 Å². The molecule has 0 aliphatic carbocycles. The molecule has 1 aromatic heterocycles. The van der Waals surface area contributed by atoms with Gasteiger partial charge in [0.05, 0.1) is 5.69 Å². The first-order valence-electron chi connectivity index (χ1n) is 5.25. The number of hydrogen-bond acceptors (Lipinski definition) is 2. The molecule has 1 rings (SSSR count). The Kier molecular flexibility index (Phi) is 3.64. The standard InChI is InChI=1S/C12H20N2/c1-8(2)10-5-6-14-11(7-13)12(10)9(3)4/h5-6,8-9H,7,13H2,1-4H3. The molecule has 2 nitrogen and oxygen atoms in total. The zero-order valence-corrected chi connectivity index (χ0v) is 9.54. The molecule has 0 aliphatic rings. The van der Waals surface area contributed by atoms with Gasteiger partial charge in [-0.15, -0.1) is 0 Å². The summed E-state index contributed by atoms with van der Waals surface area (Å²) in [5.74, 6) is 1.04. The summed E-state index contributed by atoms with van der Waals surface area (Å²) >= 11 is 0. The lowest BCUT2D eigenvalue weighted by atomic mass is 9.90. The summed E-state index contributed by atoms with van der Waals surface area (Å²) in [4.78, 5) is 4.34. The largest absolute Gasteiger partial charge is 0.325 e. The molecule has 0 atom stereocenters. The van der Waals surface area contributed by atoms with Crippen molar-refractivity contribution in [2.24, 2.45) is 5.73 Å². The minimum absolute atomic E-state index is 0.500. The highest BCUT2D eigenvalue weighted by Gasteiger charge is 2.13. The molecule has 0 saturated carbocycles. The summed E-state index contributed by atoms with van der Waals surface area (Å²) in [5, 5.41) is 0. The highest BCUT2D eigenvalue weighted by Crippen LogP contribution is 2.27. The van der Waals surface area contributed by atoms with Gasteiger partial charge in [-0.25, -0.2) is 0 Å². The summed E-state index contributed by atoms with van der Waals surface area (Å²) in [7, 11) is 0. The van der Waals surface area contributed by atoms with Gasteiger partial charge >= 0.3 is 0 Å².